The van der Waals surface area contributed by atoms with E-state index in [4.69, 9.17) is 16.7 Å². The monoisotopic (exact) mass is 416 g/mol. The number of amidine groups is 1. The van der Waals surface area contributed by atoms with Gasteiger partial charge in [0.1, 0.15) is 0 Å². The standard InChI is InChI=1S/C16H17ClN2O5S2/c17-10-3-1-4-11(7-10)19-12-8-26(23,24)9-13(12)25-16(19)18-14(20)5-2-6-15(21)22/h1,3-4,7,12-13H,2,5-6,8-9H2,(H,21,22)/t12-,13+/m1/s1. The maximum absolute atomic E-state index is 12.1. The van der Waals surface area contributed by atoms with E-state index in [1.165, 1.54) is 11.8 Å². The van der Waals surface area contributed by atoms with Gasteiger partial charge < -0.3 is 10.0 Å². The molecular weight excluding hydrogens is 400 g/mol. The summed E-state index contributed by atoms with van der Waals surface area (Å²) in [4.78, 5) is 28.6. The van der Waals surface area contributed by atoms with Gasteiger partial charge in [-0.3, -0.25) is 9.59 Å². The Morgan fingerprint density at radius 3 is 2.77 bits per heavy atom. The van der Waals surface area contributed by atoms with Gasteiger partial charge >= 0.3 is 5.97 Å². The molecule has 0 aliphatic carbocycles. The van der Waals surface area contributed by atoms with Crippen molar-refractivity contribution in [1.82, 2.24) is 0 Å². The van der Waals surface area contributed by atoms with Crippen LogP contribution < -0.4 is 4.90 Å². The maximum Gasteiger partial charge on any atom is 0.303 e. The molecule has 140 valence electrons. The quantitative estimate of drug-likeness (QED) is 0.784. The van der Waals surface area contributed by atoms with Crippen LogP contribution in [0.2, 0.25) is 5.02 Å². The molecule has 0 spiro atoms. The number of hydrogen-bond donors (Lipinski definition) is 1. The van der Waals surface area contributed by atoms with Crippen LogP contribution in [-0.2, 0) is 19.4 Å². The fourth-order valence-corrected chi connectivity index (χ4v) is 7.16. The summed E-state index contributed by atoms with van der Waals surface area (Å²) in [6, 6.07) is 6.68. The van der Waals surface area contributed by atoms with E-state index in [1.807, 2.05) is 0 Å². The van der Waals surface area contributed by atoms with Gasteiger partial charge in [0.15, 0.2) is 15.0 Å². The summed E-state index contributed by atoms with van der Waals surface area (Å²) < 4.78 is 24.0. The Bertz CT molecular complexity index is 871. The summed E-state index contributed by atoms with van der Waals surface area (Å²) in [5.41, 5.74) is 0.687. The van der Waals surface area contributed by atoms with E-state index in [9.17, 15) is 18.0 Å². The molecule has 2 heterocycles. The molecule has 0 bridgehead atoms. The molecule has 1 N–H and O–H groups in total. The third-order valence-corrected chi connectivity index (χ3v) is 7.60. The zero-order chi connectivity index (χ0) is 18.9. The highest BCUT2D eigenvalue weighted by Crippen LogP contribution is 2.41. The van der Waals surface area contributed by atoms with Gasteiger partial charge in [-0.25, -0.2) is 8.42 Å². The van der Waals surface area contributed by atoms with E-state index in [0.29, 0.717) is 15.9 Å². The second-order valence-corrected chi connectivity index (χ2v) is 9.98. The van der Waals surface area contributed by atoms with Gasteiger partial charge in [-0.1, -0.05) is 29.4 Å². The van der Waals surface area contributed by atoms with Gasteiger partial charge in [-0.05, 0) is 24.6 Å². The predicted molar refractivity (Wildman–Crippen MR) is 102 cm³/mol. The molecule has 2 aliphatic heterocycles. The van der Waals surface area contributed by atoms with Gasteiger partial charge in [-0.2, -0.15) is 4.99 Å². The molecule has 0 unspecified atom stereocenters. The number of amides is 1. The molecule has 0 saturated carbocycles. The number of benzene rings is 1. The van der Waals surface area contributed by atoms with Gasteiger partial charge in [0.25, 0.3) is 0 Å². The van der Waals surface area contributed by atoms with Crippen molar-refractivity contribution in [3.05, 3.63) is 29.3 Å². The number of nitrogens with zero attached hydrogens (tertiary/aromatic N) is 2. The van der Waals surface area contributed by atoms with Crippen molar-refractivity contribution >= 4 is 55.9 Å². The summed E-state index contributed by atoms with van der Waals surface area (Å²) in [7, 11) is -3.13. The number of carbonyl (C=O) groups is 2. The number of aliphatic imine (C=N–C) groups is 1. The molecule has 7 nitrogen and oxygen atoms in total. The van der Waals surface area contributed by atoms with E-state index >= 15 is 0 Å². The Morgan fingerprint density at radius 2 is 2.08 bits per heavy atom. The van der Waals surface area contributed by atoms with E-state index in [-0.39, 0.29) is 42.1 Å². The van der Waals surface area contributed by atoms with Gasteiger partial charge in [0.2, 0.25) is 5.91 Å². The Morgan fingerprint density at radius 1 is 1.31 bits per heavy atom. The number of thioether (sulfide) groups is 1. The van der Waals surface area contributed by atoms with Crippen LogP contribution in [0.3, 0.4) is 0 Å². The van der Waals surface area contributed by atoms with Crippen LogP contribution in [0.4, 0.5) is 5.69 Å². The first-order valence-corrected chi connectivity index (χ1v) is 11.1. The maximum atomic E-state index is 12.1. The number of carbonyl (C=O) groups excluding carboxylic acids is 1. The number of halogens is 1. The lowest BCUT2D eigenvalue weighted by Crippen LogP contribution is -2.37. The second-order valence-electron chi connectivity index (χ2n) is 6.19. The molecular formula is C16H17ClN2O5S2. The lowest BCUT2D eigenvalue weighted by atomic mass is 10.2. The molecule has 0 aromatic heterocycles. The zero-order valence-electron chi connectivity index (χ0n) is 13.7. The highest BCUT2D eigenvalue weighted by molar-refractivity contribution is 8.16. The van der Waals surface area contributed by atoms with E-state index in [2.05, 4.69) is 4.99 Å². The second kappa shape index (κ2) is 7.58. The summed E-state index contributed by atoms with van der Waals surface area (Å²) in [6.45, 7) is 0. The van der Waals surface area contributed by atoms with Crippen molar-refractivity contribution in [2.45, 2.75) is 30.6 Å². The Hall–Kier alpha value is -1.58. The van der Waals surface area contributed by atoms with Crippen molar-refractivity contribution < 1.29 is 23.1 Å². The summed E-state index contributed by atoms with van der Waals surface area (Å²) in [5.74, 6) is -1.32. The normalized spacial score (nSPS) is 25.4. The summed E-state index contributed by atoms with van der Waals surface area (Å²) in [5, 5.41) is 9.41. The highest BCUT2D eigenvalue weighted by atomic mass is 35.5. The molecule has 26 heavy (non-hydrogen) atoms. The molecule has 3 rings (SSSR count). The van der Waals surface area contributed by atoms with Crippen LogP contribution in [0.15, 0.2) is 29.3 Å². The van der Waals surface area contributed by atoms with E-state index in [0.717, 1.165) is 0 Å². The highest BCUT2D eigenvalue weighted by Gasteiger charge is 2.49. The first-order chi connectivity index (χ1) is 12.2. The third-order valence-electron chi connectivity index (χ3n) is 4.15. The number of anilines is 1. The van der Waals surface area contributed by atoms with Crippen LogP contribution in [-0.4, -0.2) is 53.4 Å². The van der Waals surface area contributed by atoms with Crippen molar-refractivity contribution in [3.8, 4) is 0 Å². The summed E-state index contributed by atoms with van der Waals surface area (Å²) in [6.07, 6.45) is 0.159. The molecule has 2 atom stereocenters. The lowest BCUT2D eigenvalue weighted by Gasteiger charge is -2.24. The third kappa shape index (κ3) is 4.39. The predicted octanol–water partition coefficient (Wildman–Crippen LogP) is 2.20. The van der Waals surface area contributed by atoms with Crippen molar-refractivity contribution in [2.75, 3.05) is 16.4 Å². The molecule has 1 aromatic carbocycles. The number of carboxylic acids is 1. The van der Waals surface area contributed by atoms with Crippen LogP contribution in [0.1, 0.15) is 19.3 Å². The number of rotatable bonds is 5. The van der Waals surface area contributed by atoms with E-state index < -0.39 is 21.7 Å². The fraction of sp³-hybridized carbons (Fsp3) is 0.438. The smallest absolute Gasteiger partial charge is 0.303 e. The Kier molecular flexibility index (Phi) is 5.59. The van der Waals surface area contributed by atoms with Gasteiger partial charge in [0, 0.05) is 28.8 Å². The largest absolute Gasteiger partial charge is 0.481 e. The van der Waals surface area contributed by atoms with Crippen LogP contribution in [0.25, 0.3) is 0 Å². The molecule has 2 saturated heterocycles. The average molecular weight is 417 g/mol. The lowest BCUT2D eigenvalue weighted by molar-refractivity contribution is -0.137. The van der Waals surface area contributed by atoms with Crippen molar-refractivity contribution in [2.24, 2.45) is 4.99 Å². The number of aliphatic carboxylic acids is 1. The van der Waals surface area contributed by atoms with Crippen molar-refractivity contribution in [3.63, 3.8) is 0 Å². The summed E-state index contributed by atoms with van der Waals surface area (Å²) >= 11 is 7.34. The van der Waals surface area contributed by atoms with Gasteiger partial charge in [-0.15, -0.1) is 0 Å². The van der Waals surface area contributed by atoms with Crippen LogP contribution >= 0.6 is 23.4 Å². The first-order valence-electron chi connectivity index (χ1n) is 8.00. The SMILES string of the molecule is O=C(O)CCCC(=O)N=C1S[C@H]2CS(=O)(=O)C[C@H]2N1c1cccc(Cl)c1. The Balaban J connectivity index is 1.85. The van der Waals surface area contributed by atoms with Crippen molar-refractivity contribution in [1.29, 1.82) is 0 Å². The molecule has 1 aromatic rings. The molecule has 1 amide bonds. The minimum Gasteiger partial charge on any atom is -0.481 e. The minimum atomic E-state index is -3.13. The van der Waals surface area contributed by atoms with Crippen LogP contribution in [0.5, 0.6) is 0 Å². The van der Waals surface area contributed by atoms with Crippen LogP contribution in [0, 0.1) is 0 Å². The first kappa shape index (κ1) is 19.2. The topological polar surface area (TPSA) is 104 Å². The molecule has 2 fully saturated rings. The molecule has 10 heteroatoms. The number of sulfone groups is 1. The average Bonchev–Trinajstić information content (AvgIpc) is 2.97. The fourth-order valence-electron chi connectivity index (χ4n) is 3.05. The van der Waals surface area contributed by atoms with E-state index in [1.54, 1.807) is 29.2 Å². The minimum absolute atomic E-state index is 0.00338. The number of hydrogen-bond acceptors (Lipinski definition) is 5. The number of fused-ring (bicyclic) bond motifs is 1. The Labute approximate surface area is 160 Å². The van der Waals surface area contributed by atoms with Gasteiger partial charge in [0.05, 0.1) is 17.5 Å². The zero-order valence-corrected chi connectivity index (χ0v) is 16.1. The molecule has 0 radical (unpaired) electrons. The molecule has 2 aliphatic rings. The number of carboxylic acid groups (broad SMARTS) is 1.